The largest absolute Gasteiger partial charge is 0.374 e. The Labute approximate surface area is 124 Å². The molecule has 0 spiro atoms. The van der Waals surface area contributed by atoms with Gasteiger partial charge in [0, 0.05) is 5.69 Å². The minimum atomic E-state index is -1.66. The Morgan fingerprint density at radius 2 is 1.59 bits per heavy atom. The van der Waals surface area contributed by atoms with Crippen LogP contribution in [0.15, 0.2) is 36.4 Å². The highest BCUT2D eigenvalue weighted by Crippen LogP contribution is 2.20. The third kappa shape index (κ3) is 3.55. The van der Waals surface area contributed by atoms with Gasteiger partial charge in [-0.1, -0.05) is 0 Å². The molecule has 0 aromatic heterocycles. The molecule has 0 aliphatic rings. The van der Waals surface area contributed by atoms with Crippen molar-refractivity contribution in [2.24, 2.45) is 0 Å². The lowest BCUT2D eigenvalue weighted by atomic mass is 10.2. The van der Waals surface area contributed by atoms with E-state index in [1.54, 1.807) is 0 Å². The molecular formula is C15H12F4N2O. The van der Waals surface area contributed by atoms with E-state index in [1.165, 1.54) is 31.2 Å². The van der Waals surface area contributed by atoms with E-state index in [-0.39, 0.29) is 0 Å². The minimum Gasteiger partial charge on any atom is -0.374 e. The highest BCUT2D eigenvalue weighted by Gasteiger charge is 2.18. The fraction of sp³-hybridized carbons (Fsp3) is 0.133. The highest BCUT2D eigenvalue weighted by atomic mass is 19.2. The predicted molar refractivity (Wildman–Crippen MR) is 74.4 cm³/mol. The van der Waals surface area contributed by atoms with E-state index in [0.29, 0.717) is 11.8 Å². The van der Waals surface area contributed by atoms with E-state index in [4.69, 9.17) is 0 Å². The number of hydrogen-bond acceptors (Lipinski definition) is 2. The van der Waals surface area contributed by atoms with Crippen LogP contribution >= 0.6 is 0 Å². The molecule has 0 unspecified atom stereocenters. The normalized spacial score (nSPS) is 11.9. The van der Waals surface area contributed by atoms with E-state index in [0.717, 1.165) is 6.07 Å². The van der Waals surface area contributed by atoms with Crippen molar-refractivity contribution in [1.29, 1.82) is 0 Å². The highest BCUT2D eigenvalue weighted by molar-refractivity contribution is 5.96. The summed E-state index contributed by atoms with van der Waals surface area (Å²) in [7, 11) is 0. The molecule has 116 valence electrons. The lowest BCUT2D eigenvalue weighted by Crippen LogP contribution is -2.32. The molecule has 2 aromatic rings. The van der Waals surface area contributed by atoms with Gasteiger partial charge in [0.25, 0.3) is 0 Å². The average molecular weight is 312 g/mol. The van der Waals surface area contributed by atoms with Crippen LogP contribution in [0.4, 0.5) is 28.9 Å². The number of anilines is 2. The quantitative estimate of drug-likeness (QED) is 0.668. The van der Waals surface area contributed by atoms with Gasteiger partial charge in [0.05, 0.1) is 5.69 Å². The zero-order chi connectivity index (χ0) is 16.3. The smallest absolute Gasteiger partial charge is 0.246 e. The Kier molecular flexibility index (Phi) is 4.65. The number of carbonyl (C=O) groups excluding carboxylic acids is 1. The van der Waals surface area contributed by atoms with Crippen LogP contribution in [0.5, 0.6) is 0 Å². The van der Waals surface area contributed by atoms with E-state index in [1.807, 2.05) is 0 Å². The molecule has 0 saturated heterocycles. The Morgan fingerprint density at radius 3 is 2.23 bits per heavy atom. The van der Waals surface area contributed by atoms with Crippen molar-refractivity contribution in [3.8, 4) is 0 Å². The standard InChI is InChI=1S/C15H12F4N2O/c1-8(20-10-4-2-9(16)3-5-10)15(22)21-12-7-6-11(17)13(18)14(12)19/h2-8,20H,1H3,(H,21,22)/t8-/m0/s1. The first-order chi connectivity index (χ1) is 10.4. The van der Waals surface area contributed by atoms with Gasteiger partial charge in [0.2, 0.25) is 5.91 Å². The van der Waals surface area contributed by atoms with E-state index in [2.05, 4.69) is 10.6 Å². The molecule has 2 N–H and O–H groups in total. The predicted octanol–water partition coefficient (Wildman–Crippen LogP) is 3.68. The lowest BCUT2D eigenvalue weighted by molar-refractivity contribution is -0.116. The van der Waals surface area contributed by atoms with E-state index < -0.39 is 40.9 Å². The molecule has 0 radical (unpaired) electrons. The molecule has 22 heavy (non-hydrogen) atoms. The number of halogens is 4. The summed E-state index contributed by atoms with van der Waals surface area (Å²) in [5.41, 5.74) is 0.0199. The van der Waals surface area contributed by atoms with Crippen LogP contribution in [0.2, 0.25) is 0 Å². The van der Waals surface area contributed by atoms with E-state index in [9.17, 15) is 22.4 Å². The van der Waals surface area contributed by atoms with Crippen molar-refractivity contribution in [2.45, 2.75) is 13.0 Å². The maximum Gasteiger partial charge on any atom is 0.246 e. The molecule has 0 fully saturated rings. The molecule has 0 aliphatic carbocycles. The first-order valence-corrected chi connectivity index (χ1v) is 6.35. The fourth-order valence-electron chi connectivity index (χ4n) is 1.73. The summed E-state index contributed by atoms with van der Waals surface area (Å²) in [6, 6.07) is 6.11. The monoisotopic (exact) mass is 312 g/mol. The topological polar surface area (TPSA) is 41.1 Å². The fourth-order valence-corrected chi connectivity index (χ4v) is 1.73. The molecule has 1 amide bonds. The molecule has 7 heteroatoms. The summed E-state index contributed by atoms with van der Waals surface area (Å²) in [5, 5.41) is 4.92. The molecule has 0 aliphatic heterocycles. The second-order valence-electron chi connectivity index (χ2n) is 4.59. The molecule has 2 aromatic carbocycles. The van der Waals surface area contributed by atoms with E-state index >= 15 is 0 Å². The maximum atomic E-state index is 13.5. The van der Waals surface area contributed by atoms with Crippen LogP contribution in [0, 0.1) is 23.3 Å². The summed E-state index contributed by atoms with van der Waals surface area (Å²) in [6.07, 6.45) is 0. The van der Waals surface area contributed by atoms with Crippen LogP contribution in [0.1, 0.15) is 6.92 Å². The third-order valence-corrected chi connectivity index (χ3v) is 2.91. The van der Waals surface area contributed by atoms with Gasteiger partial charge in [-0.2, -0.15) is 0 Å². The van der Waals surface area contributed by atoms with Crippen LogP contribution in [0.25, 0.3) is 0 Å². The molecule has 0 saturated carbocycles. The zero-order valence-electron chi connectivity index (χ0n) is 11.5. The Balaban J connectivity index is 2.05. The number of benzene rings is 2. The van der Waals surface area contributed by atoms with Gasteiger partial charge < -0.3 is 10.6 Å². The van der Waals surface area contributed by atoms with Gasteiger partial charge in [-0.25, -0.2) is 17.6 Å². The van der Waals surface area contributed by atoms with Gasteiger partial charge in [0.1, 0.15) is 11.9 Å². The SMILES string of the molecule is C[C@H](Nc1ccc(F)cc1)C(=O)Nc1ccc(F)c(F)c1F. The first kappa shape index (κ1) is 15.8. The van der Waals surface area contributed by atoms with Crippen LogP contribution in [-0.4, -0.2) is 11.9 Å². The maximum absolute atomic E-state index is 13.5. The lowest BCUT2D eigenvalue weighted by Gasteiger charge is -2.15. The van der Waals surface area contributed by atoms with Gasteiger partial charge in [-0.15, -0.1) is 0 Å². The van der Waals surface area contributed by atoms with Crippen molar-refractivity contribution in [2.75, 3.05) is 10.6 Å². The summed E-state index contributed by atoms with van der Waals surface area (Å²) in [6.45, 7) is 1.48. The average Bonchev–Trinajstić information content (AvgIpc) is 2.50. The Bertz CT molecular complexity index is 689. The second kappa shape index (κ2) is 6.46. The van der Waals surface area contributed by atoms with Crippen molar-refractivity contribution < 1.29 is 22.4 Å². The molecule has 2 rings (SSSR count). The van der Waals surface area contributed by atoms with Crippen molar-refractivity contribution >= 4 is 17.3 Å². The van der Waals surface area contributed by atoms with Crippen molar-refractivity contribution in [3.05, 3.63) is 59.7 Å². The van der Waals surface area contributed by atoms with Gasteiger partial charge in [-0.3, -0.25) is 4.79 Å². The van der Waals surface area contributed by atoms with Crippen LogP contribution < -0.4 is 10.6 Å². The molecular weight excluding hydrogens is 300 g/mol. The van der Waals surface area contributed by atoms with Gasteiger partial charge >= 0.3 is 0 Å². The summed E-state index contributed by atoms with van der Waals surface area (Å²) >= 11 is 0. The Hall–Kier alpha value is -2.57. The molecule has 0 bridgehead atoms. The molecule has 1 atom stereocenters. The van der Waals surface area contributed by atoms with Gasteiger partial charge in [0.15, 0.2) is 17.5 Å². The number of nitrogens with one attached hydrogen (secondary N) is 2. The van der Waals surface area contributed by atoms with Crippen molar-refractivity contribution in [1.82, 2.24) is 0 Å². The number of rotatable bonds is 4. The molecule has 3 nitrogen and oxygen atoms in total. The first-order valence-electron chi connectivity index (χ1n) is 6.35. The number of carbonyl (C=O) groups is 1. The minimum absolute atomic E-state index is 0.425. The summed E-state index contributed by atoms with van der Waals surface area (Å²) in [4.78, 5) is 11.9. The van der Waals surface area contributed by atoms with Crippen molar-refractivity contribution in [3.63, 3.8) is 0 Å². The number of hydrogen-bond donors (Lipinski definition) is 2. The second-order valence-corrected chi connectivity index (χ2v) is 4.59. The molecule has 0 heterocycles. The number of amides is 1. The third-order valence-electron chi connectivity index (χ3n) is 2.91. The van der Waals surface area contributed by atoms with Crippen LogP contribution in [-0.2, 0) is 4.79 Å². The van der Waals surface area contributed by atoms with Gasteiger partial charge in [-0.05, 0) is 43.3 Å². The summed E-state index contributed by atoms with van der Waals surface area (Å²) < 4.78 is 52.1. The summed E-state index contributed by atoms with van der Waals surface area (Å²) in [5.74, 6) is -5.55. The zero-order valence-corrected chi connectivity index (χ0v) is 11.5. The Morgan fingerprint density at radius 1 is 0.955 bits per heavy atom. The van der Waals surface area contributed by atoms with Crippen LogP contribution in [0.3, 0.4) is 0 Å².